The van der Waals surface area contributed by atoms with Gasteiger partial charge in [-0.05, 0) is 90.8 Å². The molecule has 0 bridgehead atoms. The lowest BCUT2D eigenvalue weighted by molar-refractivity contribution is -0.896. The molecule has 0 radical (unpaired) electrons. The second-order valence-corrected chi connectivity index (χ2v) is 27.5. The van der Waals surface area contributed by atoms with E-state index in [2.05, 4.69) is 26.2 Å². The fraction of sp³-hybridized carbons (Fsp3) is 1.00. The molecular weight excluding hydrogens is 577 g/mol. The van der Waals surface area contributed by atoms with Crippen LogP contribution in [0, 0.1) is 0 Å². The predicted molar refractivity (Wildman–Crippen MR) is 175 cm³/mol. The number of hydrogen-bond donors (Lipinski definition) is 4. The van der Waals surface area contributed by atoms with Crippen molar-refractivity contribution in [3.05, 3.63) is 0 Å². The van der Waals surface area contributed by atoms with Crippen molar-refractivity contribution in [2.24, 2.45) is 0 Å². The molecule has 0 amide bonds. The third kappa shape index (κ3) is 26.4. The number of aliphatic hydroxyl groups excluding tert-OH is 3. The number of quaternary nitrogens is 1. The summed E-state index contributed by atoms with van der Waals surface area (Å²) in [5.41, 5.74) is 0. The largest absolute Gasteiger partial charge is 0.455 e. The Labute approximate surface area is 254 Å². The van der Waals surface area contributed by atoms with Crippen LogP contribution in [0.15, 0.2) is 0 Å². The molecule has 0 aliphatic carbocycles. The second-order valence-electron chi connectivity index (χ2n) is 14.5. The quantitative estimate of drug-likeness (QED) is 0.0640. The summed E-state index contributed by atoms with van der Waals surface area (Å²) in [5.74, 6) is 0. The van der Waals surface area contributed by atoms with Gasteiger partial charge >= 0.3 is 0 Å². The molecule has 0 aromatic heterocycles. The average molecular weight is 644 g/mol. The molecule has 0 rings (SSSR count). The highest BCUT2D eigenvalue weighted by atomic mass is 28.4. The molecule has 0 aromatic carbocycles. The van der Waals surface area contributed by atoms with Crippen LogP contribution in [0.4, 0.5) is 0 Å². The number of aliphatic hydroxyl groups is 3. The minimum atomic E-state index is -2.04. The third-order valence-corrected chi connectivity index (χ3v) is 15.8. The molecule has 0 aliphatic rings. The van der Waals surface area contributed by atoms with Crippen molar-refractivity contribution in [2.45, 2.75) is 95.0 Å². The van der Waals surface area contributed by atoms with Gasteiger partial charge in [-0.15, -0.1) is 0 Å². The van der Waals surface area contributed by atoms with E-state index >= 15 is 0 Å². The number of likely N-dealkylation sites (N-methyl/N-ethyl adjacent to an activating group) is 2. The summed E-state index contributed by atoms with van der Waals surface area (Å²) in [6.07, 6.45) is 1.00. The van der Waals surface area contributed by atoms with Crippen LogP contribution in [0.25, 0.3) is 0 Å². The summed E-state index contributed by atoms with van der Waals surface area (Å²) in [6, 6.07) is 2.84. The van der Waals surface area contributed by atoms with E-state index in [1.54, 1.807) is 0 Å². The Kier molecular flexibility index (Phi) is 20.4. The van der Waals surface area contributed by atoms with Crippen LogP contribution >= 0.6 is 0 Å². The first kappa shape index (κ1) is 41.3. The normalized spacial score (nSPS) is 15.9. The zero-order valence-electron chi connectivity index (χ0n) is 28.2. The first-order chi connectivity index (χ1) is 18.7. The lowest BCUT2D eigenvalue weighted by Crippen LogP contribution is -2.51. The lowest BCUT2D eigenvalue weighted by Gasteiger charge is -2.34. The van der Waals surface area contributed by atoms with E-state index in [9.17, 15) is 20.1 Å². The van der Waals surface area contributed by atoms with Crippen molar-refractivity contribution in [3.8, 4) is 0 Å². The smallest absolute Gasteiger partial charge is 0.182 e. The van der Waals surface area contributed by atoms with E-state index in [1.807, 2.05) is 46.2 Å². The van der Waals surface area contributed by atoms with Crippen molar-refractivity contribution in [2.75, 3.05) is 87.5 Å². The van der Waals surface area contributed by atoms with Crippen LogP contribution < -0.4 is 0 Å². The summed E-state index contributed by atoms with van der Waals surface area (Å²) in [6.45, 7) is 17.2. The molecule has 3 unspecified atom stereocenters. The van der Waals surface area contributed by atoms with Crippen LogP contribution in [0.3, 0.4) is 0 Å². The number of ether oxygens (including phenoxy) is 3. The Balaban J connectivity index is 4.11. The molecule has 41 heavy (non-hydrogen) atoms. The predicted octanol–water partition coefficient (Wildman–Crippen LogP) is 2.55. The highest BCUT2D eigenvalue weighted by Gasteiger charge is 2.32. The van der Waals surface area contributed by atoms with Crippen molar-refractivity contribution in [1.82, 2.24) is 4.90 Å². The maximum atomic E-state index is 10.5. The van der Waals surface area contributed by atoms with Crippen LogP contribution in [-0.2, 0) is 18.3 Å². The SMILES string of the molecule is CN(C)CC(O)COCCC[Si](C)(C)O[Si](C)(C)CCCOCC(O)C[N+](C)(C)CC(O)COCCC[Si](C)(C)O. The number of nitrogens with zero attached hydrogens (tertiary/aromatic N) is 2. The minimum Gasteiger partial charge on any atom is -0.455 e. The van der Waals surface area contributed by atoms with Crippen molar-refractivity contribution < 1.29 is 42.9 Å². The molecule has 0 saturated heterocycles. The standard InChI is InChI=1S/C28H67N2O8Si3/c1-29(2)20-26(31)23-35-15-12-18-40(7,8)38-41(9,10)19-13-16-37-25-28(33)22-30(3,4)21-27(32)24-36-14-11-17-39(5,6)34/h26-28,31-34H,11-25H2,1-10H3/q+1. The summed E-state index contributed by atoms with van der Waals surface area (Å²) < 4.78 is 24.2. The van der Waals surface area contributed by atoms with Gasteiger partial charge in [0.1, 0.15) is 25.3 Å². The maximum Gasteiger partial charge on any atom is 0.182 e. The summed E-state index contributed by atoms with van der Waals surface area (Å²) >= 11 is 0. The Hall–Kier alpha value is 0.251. The third-order valence-electron chi connectivity index (χ3n) is 6.68. The first-order valence-corrected chi connectivity index (χ1v) is 24.8. The van der Waals surface area contributed by atoms with E-state index in [0.717, 1.165) is 37.4 Å². The van der Waals surface area contributed by atoms with Crippen molar-refractivity contribution >= 4 is 25.0 Å². The van der Waals surface area contributed by atoms with Gasteiger partial charge in [-0.2, -0.15) is 0 Å². The molecule has 0 fully saturated rings. The fourth-order valence-corrected chi connectivity index (χ4v) is 14.9. The van der Waals surface area contributed by atoms with Crippen LogP contribution in [0.1, 0.15) is 19.3 Å². The number of rotatable bonds is 26. The second kappa shape index (κ2) is 20.3. The summed E-state index contributed by atoms with van der Waals surface area (Å²) in [7, 11) is 2.20. The lowest BCUT2D eigenvalue weighted by atomic mass is 10.2. The highest BCUT2D eigenvalue weighted by molar-refractivity contribution is 6.84. The van der Waals surface area contributed by atoms with Gasteiger partial charge in [-0.3, -0.25) is 0 Å². The molecule has 3 atom stereocenters. The van der Waals surface area contributed by atoms with Gasteiger partial charge in [0.25, 0.3) is 0 Å². The zero-order chi connectivity index (χ0) is 31.7. The van der Waals surface area contributed by atoms with Gasteiger partial charge < -0.3 is 47.8 Å². The minimum absolute atomic E-state index is 0.262. The van der Waals surface area contributed by atoms with Gasteiger partial charge in [-0.25, -0.2) is 0 Å². The molecule has 0 saturated carbocycles. The van der Waals surface area contributed by atoms with Crippen LogP contribution in [0.5, 0.6) is 0 Å². The molecule has 0 aliphatic heterocycles. The van der Waals surface area contributed by atoms with Crippen molar-refractivity contribution in [3.63, 3.8) is 0 Å². The first-order valence-electron chi connectivity index (χ1n) is 15.4. The fourth-order valence-electron chi connectivity index (χ4n) is 5.11. The van der Waals surface area contributed by atoms with E-state index in [4.69, 9.17) is 18.3 Å². The average Bonchev–Trinajstić information content (AvgIpc) is 2.75. The Bertz CT molecular complexity index is 667. The highest BCUT2D eigenvalue weighted by Crippen LogP contribution is 2.24. The van der Waals surface area contributed by atoms with E-state index in [-0.39, 0.29) is 13.2 Å². The molecule has 10 nitrogen and oxygen atoms in total. The van der Waals surface area contributed by atoms with E-state index < -0.39 is 43.3 Å². The Morgan fingerprint density at radius 2 is 1.00 bits per heavy atom. The van der Waals surface area contributed by atoms with E-state index in [1.165, 1.54) is 0 Å². The zero-order valence-corrected chi connectivity index (χ0v) is 31.2. The molecule has 0 heterocycles. The molecule has 13 heteroatoms. The molecule has 248 valence electrons. The molecule has 0 spiro atoms. The monoisotopic (exact) mass is 643 g/mol. The van der Waals surface area contributed by atoms with Gasteiger partial charge in [0.2, 0.25) is 0 Å². The molecule has 4 N–H and O–H groups in total. The molecular formula is C28H67N2O8Si3+. The Morgan fingerprint density at radius 3 is 1.37 bits per heavy atom. The number of hydrogen-bond acceptors (Lipinski definition) is 9. The topological polar surface area (TPSA) is 121 Å². The Morgan fingerprint density at radius 1 is 0.634 bits per heavy atom. The maximum absolute atomic E-state index is 10.5. The van der Waals surface area contributed by atoms with Gasteiger partial charge in [0, 0.05) is 26.4 Å². The van der Waals surface area contributed by atoms with Crippen LogP contribution in [-0.4, -0.2) is 160 Å². The summed E-state index contributed by atoms with van der Waals surface area (Å²) in [5, 5.41) is 30.8. The van der Waals surface area contributed by atoms with Gasteiger partial charge in [-0.1, -0.05) is 0 Å². The molecule has 0 aromatic rings. The van der Waals surface area contributed by atoms with Gasteiger partial charge in [0.05, 0.1) is 40.0 Å². The van der Waals surface area contributed by atoms with Crippen LogP contribution in [0.2, 0.25) is 57.4 Å². The summed E-state index contributed by atoms with van der Waals surface area (Å²) in [4.78, 5) is 11.8. The van der Waals surface area contributed by atoms with E-state index in [0.29, 0.717) is 50.5 Å². The van der Waals surface area contributed by atoms with Crippen molar-refractivity contribution in [1.29, 1.82) is 0 Å². The van der Waals surface area contributed by atoms with Gasteiger partial charge in [0.15, 0.2) is 25.0 Å².